The van der Waals surface area contributed by atoms with Crippen LogP contribution < -0.4 is 0 Å². The Hall–Kier alpha value is -0.640. The summed E-state index contributed by atoms with van der Waals surface area (Å²) < 4.78 is 24.7. The van der Waals surface area contributed by atoms with Crippen molar-refractivity contribution in [2.45, 2.75) is 31.7 Å². The molecule has 0 aromatic rings. The van der Waals surface area contributed by atoms with Gasteiger partial charge >= 0.3 is 0 Å². The number of aliphatic hydroxyl groups is 1. The van der Waals surface area contributed by atoms with E-state index in [9.17, 15) is 8.42 Å². The van der Waals surface area contributed by atoms with Crippen molar-refractivity contribution in [1.29, 1.82) is 5.26 Å². The van der Waals surface area contributed by atoms with Gasteiger partial charge in [0.25, 0.3) is 0 Å². The van der Waals surface area contributed by atoms with Crippen LogP contribution in [0.15, 0.2) is 0 Å². The zero-order valence-electron chi connectivity index (χ0n) is 8.59. The molecule has 1 aliphatic heterocycles. The maximum atomic E-state index is 11.7. The molecule has 1 N–H and O–H groups in total. The molecule has 6 heteroatoms. The molecule has 86 valence electrons. The maximum Gasteiger partial charge on any atom is 0.227 e. The van der Waals surface area contributed by atoms with E-state index in [4.69, 9.17) is 10.4 Å². The second kappa shape index (κ2) is 5.45. The zero-order chi connectivity index (χ0) is 11.3. The van der Waals surface area contributed by atoms with Crippen molar-refractivity contribution in [1.82, 2.24) is 4.31 Å². The minimum atomic E-state index is -3.51. The number of nitrogens with zero attached hydrogens (tertiary/aromatic N) is 2. The number of hydrogen-bond donors (Lipinski definition) is 1. The third-order valence-electron chi connectivity index (χ3n) is 2.64. The molecule has 0 amide bonds. The van der Waals surface area contributed by atoms with Gasteiger partial charge in [0, 0.05) is 12.6 Å². The first kappa shape index (κ1) is 12.4. The van der Waals surface area contributed by atoms with Crippen molar-refractivity contribution in [3.63, 3.8) is 0 Å². The normalized spacial score (nSPS) is 24.4. The predicted molar refractivity (Wildman–Crippen MR) is 55.4 cm³/mol. The molecular weight excluding hydrogens is 216 g/mol. The number of aliphatic hydroxyl groups excluding tert-OH is 1. The van der Waals surface area contributed by atoms with Crippen LogP contribution in [0, 0.1) is 11.3 Å². The molecule has 0 spiro atoms. The van der Waals surface area contributed by atoms with Gasteiger partial charge in [-0.2, -0.15) is 9.57 Å². The average molecular weight is 232 g/mol. The van der Waals surface area contributed by atoms with Crippen LogP contribution >= 0.6 is 0 Å². The molecule has 0 saturated carbocycles. The first-order chi connectivity index (χ1) is 7.11. The highest BCUT2D eigenvalue weighted by Crippen LogP contribution is 2.19. The van der Waals surface area contributed by atoms with Gasteiger partial charge in [-0.1, -0.05) is 12.8 Å². The standard InChI is InChI=1S/C9H16N2O3S/c10-5-7-15(13,14)11-6-3-1-2-4-9(11)8-12/h9,12H,1-4,6-8H2. The van der Waals surface area contributed by atoms with Gasteiger partial charge in [-0.25, -0.2) is 8.42 Å². The molecule has 0 aromatic heterocycles. The lowest BCUT2D eigenvalue weighted by Crippen LogP contribution is -2.42. The van der Waals surface area contributed by atoms with E-state index in [1.165, 1.54) is 4.31 Å². The lowest BCUT2D eigenvalue weighted by Gasteiger charge is -2.26. The van der Waals surface area contributed by atoms with Crippen LogP contribution in [0.5, 0.6) is 0 Å². The van der Waals surface area contributed by atoms with Gasteiger partial charge < -0.3 is 5.11 Å². The molecule has 0 aliphatic carbocycles. The minimum Gasteiger partial charge on any atom is -0.395 e. The molecule has 15 heavy (non-hydrogen) atoms. The second-order valence-corrected chi connectivity index (χ2v) is 5.63. The number of hydrogen-bond acceptors (Lipinski definition) is 4. The molecule has 1 aliphatic rings. The fourth-order valence-corrected chi connectivity index (χ4v) is 3.23. The van der Waals surface area contributed by atoms with Crippen LogP contribution in [0.1, 0.15) is 25.7 Å². The number of sulfonamides is 1. The Labute approximate surface area is 90.4 Å². The summed E-state index contributed by atoms with van der Waals surface area (Å²) in [5, 5.41) is 17.6. The van der Waals surface area contributed by atoms with Gasteiger partial charge in [0.15, 0.2) is 5.75 Å². The molecule has 0 radical (unpaired) electrons. The Kier molecular flexibility index (Phi) is 4.51. The summed E-state index contributed by atoms with van der Waals surface area (Å²) in [5.41, 5.74) is 0. The summed E-state index contributed by atoms with van der Waals surface area (Å²) in [4.78, 5) is 0. The molecule has 0 aromatic carbocycles. The van der Waals surface area contributed by atoms with Crippen LogP contribution in [0.4, 0.5) is 0 Å². The zero-order valence-corrected chi connectivity index (χ0v) is 9.41. The predicted octanol–water partition coefficient (Wildman–Crippen LogP) is 0.0767. The fourth-order valence-electron chi connectivity index (χ4n) is 1.86. The first-order valence-electron chi connectivity index (χ1n) is 5.09. The van der Waals surface area contributed by atoms with Gasteiger partial charge in [-0.3, -0.25) is 0 Å². The molecule has 1 unspecified atom stereocenters. The average Bonchev–Trinajstić information content (AvgIpc) is 2.42. The molecule has 1 atom stereocenters. The Morgan fingerprint density at radius 1 is 1.40 bits per heavy atom. The lowest BCUT2D eigenvalue weighted by molar-refractivity contribution is 0.187. The van der Waals surface area contributed by atoms with Crippen LogP contribution in [-0.2, 0) is 10.0 Å². The van der Waals surface area contributed by atoms with Gasteiger partial charge in [0.05, 0.1) is 12.7 Å². The SMILES string of the molecule is N#CCS(=O)(=O)N1CCCCCC1CO. The summed E-state index contributed by atoms with van der Waals surface area (Å²) >= 11 is 0. The summed E-state index contributed by atoms with van der Waals surface area (Å²) in [6, 6.07) is 1.32. The Morgan fingerprint density at radius 3 is 2.73 bits per heavy atom. The summed E-state index contributed by atoms with van der Waals surface area (Å²) in [5.74, 6) is -0.497. The van der Waals surface area contributed by atoms with E-state index in [1.54, 1.807) is 6.07 Å². The molecule has 1 rings (SSSR count). The van der Waals surface area contributed by atoms with E-state index < -0.39 is 15.8 Å². The van der Waals surface area contributed by atoms with Crippen LogP contribution in [-0.4, -0.2) is 42.8 Å². The van der Waals surface area contributed by atoms with E-state index in [1.807, 2.05) is 0 Å². The van der Waals surface area contributed by atoms with Gasteiger partial charge in [-0.15, -0.1) is 0 Å². The Balaban J connectivity index is 2.84. The Bertz CT molecular complexity index is 334. The highest BCUT2D eigenvalue weighted by atomic mass is 32.2. The minimum absolute atomic E-state index is 0.162. The van der Waals surface area contributed by atoms with E-state index >= 15 is 0 Å². The molecule has 5 nitrogen and oxygen atoms in total. The summed E-state index contributed by atoms with van der Waals surface area (Å²) in [6.07, 6.45) is 3.40. The molecule has 1 fully saturated rings. The second-order valence-electron chi connectivity index (χ2n) is 3.71. The van der Waals surface area contributed by atoms with Gasteiger partial charge in [0.2, 0.25) is 10.0 Å². The third kappa shape index (κ3) is 3.16. The quantitative estimate of drug-likeness (QED) is 0.747. The van der Waals surface area contributed by atoms with Crippen molar-refractivity contribution in [3.05, 3.63) is 0 Å². The van der Waals surface area contributed by atoms with Gasteiger partial charge in [0.1, 0.15) is 0 Å². The summed E-state index contributed by atoms with van der Waals surface area (Å²) in [6.45, 7) is 0.264. The fraction of sp³-hybridized carbons (Fsp3) is 0.889. The summed E-state index contributed by atoms with van der Waals surface area (Å²) in [7, 11) is -3.51. The number of nitriles is 1. The number of rotatable bonds is 3. The van der Waals surface area contributed by atoms with Crippen LogP contribution in [0.25, 0.3) is 0 Å². The highest BCUT2D eigenvalue weighted by molar-refractivity contribution is 7.89. The first-order valence-corrected chi connectivity index (χ1v) is 6.70. The van der Waals surface area contributed by atoms with E-state index in [2.05, 4.69) is 0 Å². The monoisotopic (exact) mass is 232 g/mol. The van der Waals surface area contributed by atoms with Crippen LogP contribution in [0.3, 0.4) is 0 Å². The highest BCUT2D eigenvalue weighted by Gasteiger charge is 2.30. The molecule has 1 saturated heterocycles. The van der Waals surface area contributed by atoms with Crippen molar-refractivity contribution < 1.29 is 13.5 Å². The lowest BCUT2D eigenvalue weighted by atomic mass is 10.1. The molecular formula is C9H16N2O3S. The van der Waals surface area contributed by atoms with Gasteiger partial charge in [-0.05, 0) is 12.8 Å². The smallest absolute Gasteiger partial charge is 0.227 e. The van der Waals surface area contributed by atoms with E-state index in [0.717, 1.165) is 19.3 Å². The van der Waals surface area contributed by atoms with E-state index in [-0.39, 0.29) is 12.6 Å². The molecule has 0 bridgehead atoms. The van der Waals surface area contributed by atoms with Crippen molar-refractivity contribution in [2.24, 2.45) is 0 Å². The largest absolute Gasteiger partial charge is 0.395 e. The van der Waals surface area contributed by atoms with Crippen molar-refractivity contribution >= 4 is 10.0 Å². The van der Waals surface area contributed by atoms with Crippen LogP contribution in [0.2, 0.25) is 0 Å². The topological polar surface area (TPSA) is 81.4 Å². The Morgan fingerprint density at radius 2 is 2.13 bits per heavy atom. The molecule has 1 heterocycles. The van der Waals surface area contributed by atoms with Crippen molar-refractivity contribution in [3.8, 4) is 6.07 Å². The van der Waals surface area contributed by atoms with E-state index in [0.29, 0.717) is 13.0 Å². The van der Waals surface area contributed by atoms with Crippen molar-refractivity contribution in [2.75, 3.05) is 18.9 Å². The maximum absolute atomic E-state index is 11.7. The third-order valence-corrected chi connectivity index (χ3v) is 4.33.